The van der Waals surface area contributed by atoms with Crippen molar-refractivity contribution in [3.63, 3.8) is 0 Å². The van der Waals surface area contributed by atoms with Gasteiger partial charge in [-0.25, -0.2) is 0 Å². The molecular weight excluding hydrogens is 501 g/mol. The number of hydrogen-bond acceptors (Lipinski definition) is 4. The molecule has 1 aromatic heterocycles. The zero-order valence-electron chi connectivity index (χ0n) is 15.7. The zero-order valence-corrected chi connectivity index (χ0v) is 18.6. The fourth-order valence-electron chi connectivity index (χ4n) is 3.80. The summed E-state index contributed by atoms with van der Waals surface area (Å²) < 4.78 is 0.921. The summed E-state index contributed by atoms with van der Waals surface area (Å²) in [5.41, 5.74) is 2.27. The minimum atomic E-state index is -0.213. The van der Waals surface area contributed by atoms with Gasteiger partial charge in [0.1, 0.15) is 5.75 Å². The van der Waals surface area contributed by atoms with Gasteiger partial charge in [0.25, 0.3) is 5.91 Å². The topological polar surface area (TPSA) is 74.2 Å². The van der Waals surface area contributed by atoms with Gasteiger partial charge >= 0.3 is 0 Å². The molecule has 4 rings (SSSR count). The third kappa shape index (κ3) is 4.75. The molecule has 1 heterocycles. The largest absolute Gasteiger partial charge is 0.507 e. The monoisotopic (exact) mass is 521 g/mol. The first kappa shape index (κ1) is 20.2. The summed E-state index contributed by atoms with van der Waals surface area (Å²) in [4.78, 5) is 16.9. The number of halogens is 2. The van der Waals surface area contributed by atoms with Crippen LogP contribution in [-0.4, -0.2) is 28.1 Å². The highest BCUT2D eigenvalue weighted by Gasteiger charge is 2.24. The minimum absolute atomic E-state index is 0.0166. The summed E-state index contributed by atoms with van der Waals surface area (Å²) in [5, 5.41) is 18.4. The molecule has 5 nitrogen and oxygen atoms in total. The number of phenols is 1. The van der Waals surface area contributed by atoms with Gasteiger partial charge in [-0.2, -0.15) is 0 Å². The Bertz CT molecular complexity index is 1050. The van der Waals surface area contributed by atoms with Gasteiger partial charge in [0.15, 0.2) is 0 Å². The number of pyridine rings is 1. The van der Waals surface area contributed by atoms with Crippen molar-refractivity contribution in [3.05, 3.63) is 62.8 Å². The molecule has 0 spiro atoms. The lowest BCUT2D eigenvalue weighted by atomic mass is 9.90. The fourth-order valence-corrected chi connectivity index (χ4v) is 4.46. The van der Waals surface area contributed by atoms with Crippen molar-refractivity contribution >= 4 is 56.7 Å². The van der Waals surface area contributed by atoms with E-state index in [9.17, 15) is 9.90 Å². The molecule has 150 valence electrons. The maximum Gasteiger partial charge on any atom is 0.255 e. The van der Waals surface area contributed by atoms with Gasteiger partial charge in [0.2, 0.25) is 0 Å². The maximum absolute atomic E-state index is 12.5. The number of fused-ring (bicyclic) bond motifs is 1. The molecule has 1 aliphatic rings. The standard InChI is InChI=1S/C22H21ClIN3O2/c23-13-1-7-17-19(9-10-25-20(17)11-13)26-15-3-5-16(6-4-15)27-22(29)18-12-14(24)2-8-21(18)28/h1-2,7-12,15-16,28H,3-6H2,(H,25,26)(H,27,29). The lowest BCUT2D eigenvalue weighted by molar-refractivity contribution is 0.0924. The van der Waals surface area contributed by atoms with E-state index in [4.69, 9.17) is 11.6 Å². The number of benzene rings is 2. The van der Waals surface area contributed by atoms with Crippen LogP contribution in [0.5, 0.6) is 5.75 Å². The molecule has 3 N–H and O–H groups in total. The first-order chi connectivity index (χ1) is 14.0. The number of amides is 1. The summed E-state index contributed by atoms with van der Waals surface area (Å²) in [7, 11) is 0. The van der Waals surface area contributed by atoms with Gasteiger partial charge in [-0.05, 0) is 90.7 Å². The molecule has 0 unspecified atom stereocenters. The Morgan fingerprint density at radius 3 is 2.62 bits per heavy atom. The average molecular weight is 522 g/mol. The van der Waals surface area contributed by atoms with E-state index in [1.807, 2.05) is 24.3 Å². The number of nitrogens with zero attached hydrogens (tertiary/aromatic N) is 1. The number of phenolic OH excluding ortho intramolecular Hbond substituents is 1. The Balaban J connectivity index is 1.36. The number of aromatic nitrogens is 1. The van der Waals surface area contributed by atoms with Gasteiger partial charge in [-0.3, -0.25) is 9.78 Å². The molecule has 1 fully saturated rings. The van der Waals surface area contributed by atoms with Crippen molar-refractivity contribution in [1.82, 2.24) is 10.3 Å². The van der Waals surface area contributed by atoms with Crippen LogP contribution < -0.4 is 10.6 Å². The molecule has 0 aliphatic heterocycles. The Morgan fingerprint density at radius 2 is 1.83 bits per heavy atom. The SMILES string of the molecule is O=C(NC1CCC(Nc2ccnc3cc(Cl)ccc23)CC1)c1cc(I)ccc1O. The molecule has 0 radical (unpaired) electrons. The van der Waals surface area contributed by atoms with Gasteiger partial charge in [0, 0.05) is 37.9 Å². The van der Waals surface area contributed by atoms with E-state index in [0.717, 1.165) is 45.8 Å². The Hall–Kier alpha value is -2.06. The first-order valence-corrected chi connectivity index (χ1v) is 11.1. The highest BCUT2D eigenvalue weighted by Crippen LogP contribution is 2.28. The average Bonchev–Trinajstić information content (AvgIpc) is 2.71. The summed E-state index contributed by atoms with van der Waals surface area (Å²) in [6.07, 6.45) is 5.49. The van der Waals surface area contributed by atoms with Crippen LogP contribution in [0.1, 0.15) is 36.0 Å². The third-order valence-electron chi connectivity index (χ3n) is 5.33. The highest BCUT2D eigenvalue weighted by atomic mass is 127. The van der Waals surface area contributed by atoms with Crippen LogP contribution in [0.25, 0.3) is 10.9 Å². The molecule has 0 bridgehead atoms. The number of carbonyl (C=O) groups excluding carboxylic acids is 1. The number of aromatic hydroxyl groups is 1. The molecule has 3 aromatic rings. The number of anilines is 1. The second-order valence-corrected chi connectivity index (χ2v) is 9.03. The highest BCUT2D eigenvalue weighted by molar-refractivity contribution is 14.1. The van der Waals surface area contributed by atoms with Crippen molar-refractivity contribution in [1.29, 1.82) is 0 Å². The van der Waals surface area contributed by atoms with Crippen molar-refractivity contribution in [2.24, 2.45) is 0 Å². The summed E-state index contributed by atoms with van der Waals surface area (Å²) in [6, 6.07) is 13.2. The lowest BCUT2D eigenvalue weighted by Crippen LogP contribution is -2.40. The van der Waals surface area contributed by atoms with Crippen LogP contribution in [0, 0.1) is 3.57 Å². The summed E-state index contributed by atoms with van der Waals surface area (Å²) in [5.74, 6) is -0.197. The Morgan fingerprint density at radius 1 is 1.07 bits per heavy atom. The molecule has 1 saturated carbocycles. The van der Waals surface area contributed by atoms with Gasteiger partial charge in [-0.15, -0.1) is 0 Å². The predicted molar refractivity (Wildman–Crippen MR) is 125 cm³/mol. The minimum Gasteiger partial charge on any atom is -0.507 e. The Kier molecular flexibility index (Phi) is 6.10. The van der Waals surface area contributed by atoms with Gasteiger partial charge in [0.05, 0.1) is 11.1 Å². The van der Waals surface area contributed by atoms with Gasteiger partial charge < -0.3 is 15.7 Å². The van der Waals surface area contributed by atoms with Gasteiger partial charge in [-0.1, -0.05) is 11.6 Å². The van der Waals surface area contributed by atoms with Crippen molar-refractivity contribution in [3.8, 4) is 5.75 Å². The number of carbonyl (C=O) groups is 1. The van der Waals surface area contributed by atoms with E-state index in [0.29, 0.717) is 16.6 Å². The number of hydrogen-bond donors (Lipinski definition) is 3. The Labute approximate surface area is 188 Å². The smallest absolute Gasteiger partial charge is 0.255 e. The lowest BCUT2D eigenvalue weighted by Gasteiger charge is -2.30. The molecule has 1 aliphatic carbocycles. The van der Waals surface area contributed by atoms with Crippen LogP contribution >= 0.6 is 34.2 Å². The normalized spacial score (nSPS) is 19.1. The van der Waals surface area contributed by atoms with E-state index in [1.165, 1.54) is 0 Å². The molecular formula is C22H21ClIN3O2. The van der Waals surface area contributed by atoms with E-state index < -0.39 is 0 Å². The van der Waals surface area contributed by atoms with Crippen molar-refractivity contribution in [2.75, 3.05) is 5.32 Å². The molecule has 7 heteroatoms. The van der Waals surface area contributed by atoms with Crippen LogP contribution in [0.15, 0.2) is 48.7 Å². The predicted octanol–water partition coefficient (Wildman–Crippen LogP) is 5.35. The zero-order chi connectivity index (χ0) is 20.4. The van der Waals surface area contributed by atoms with Crippen molar-refractivity contribution in [2.45, 2.75) is 37.8 Å². The van der Waals surface area contributed by atoms with Crippen LogP contribution in [0.4, 0.5) is 5.69 Å². The molecule has 1 amide bonds. The fraction of sp³-hybridized carbons (Fsp3) is 0.273. The van der Waals surface area contributed by atoms with Crippen LogP contribution in [-0.2, 0) is 0 Å². The number of nitrogens with one attached hydrogen (secondary N) is 2. The molecule has 2 aromatic carbocycles. The quantitative estimate of drug-likeness (QED) is 0.405. The molecule has 0 saturated heterocycles. The van der Waals surface area contributed by atoms with E-state index in [1.54, 1.807) is 24.4 Å². The van der Waals surface area contributed by atoms with Crippen LogP contribution in [0.2, 0.25) is 5.02 Å². The second kappa shape index (κ2) is 8.75. The van der Waals surface area contributed by atoms with E-state index in [2.05, 4.69) is 38.2 Å². The third-order valence-corrected chi connectivity index (χ3v) is 6.24. The number of rotatable bonds is 4. The summed E-state index contributed by atoms with van der Waals surface area (Å²) >= 11 is 8.21. The molecule has 0 atom stereocenters. The van der Waals surface area contributed by atoms with E-state index >= 15 is 0 Å². The maximum atomic E-state index is 12.5. The van der Waals surface area contributed by atoms with Crippen LogP contribution in [0.3, 0.4) is 0 Å². The molecule has 29 heavy (non-hydrogen) atoms. The summed E-state index contributed by atoms with van der Waals surface area (Å²) in [6.45, 7) is 0. The van der Waals surface area contributed by atoms with Crippen molar-refractivity contribution < 1.29 is 9.90 Å². The second-order valence-electron chi connectivity index (χ2n) is 7.35. The van der Waals surface area contributed by atoms with E-state index in [-0.39, 0.29) is 17.7 Å². The first-order valence-electron chi connectivity index (χ1n) is 9.60.